The molecule has 7 heteroatoms. The van der Waals surface area contributed by atoms with Crippen LogP contribution in [0.25, 0.3) is 10.9 Å². The van der Waals surface area contributed by atoms with Gasteiger partial charge in [-0.15, -0.1) is 0 Å². The van der Waals surface area contributed by atoms with Crippen molar-refractivity contribution < 1.29 is 23.9 Å². The highest BCUT2D eigenvalue weighted by Crippen LogP contribution is 2.25. The molecule has 0 aliphatic carbocycles. The van der Waals surface area contributed by atoms with Crippen molar-refractivity contribution in [1.29, 1.82) is 0 Å². The van der Waals surface area contributed by atoms with E-state index >= 15 is 0 Å². The lowest BCUT2D eigenvalue weighted by Gasteiger charge is -2.32. The molecule has 2 heterocycles. The molecule has 6 nitrogen and oxygen atoms in total. The van der Waals surface area contributed by atoms with Gasteiger partial charge in [-0.2, -0.15) is 5.10 Å². The van der Waals surface area contributed by atoms with E-state index in [2.05, 4.69) is 9.84 Å². The van der Waals surface area contributed by atoms with Gasteiger partial charge in [0.1, 0.15) is 0 Å². The number of likely N-dealkylation sites (tertiary alicyclic amines) is 1. The van der Waals surface area contributed by atoms with Crippen molar-refractivity contribution in [1.82, 2.24) is 14.7 Å². The predicted molar refractivity (Wildman–Crippen MR) is 130 cm³/mol. The third-order valence-corrected chi connectivity index (χ3v) is 6.37. The van der Waals surface area contributed by atoms with Crippen molar-refractivity contribution in [3.63, 3.8) is 0 Å². The SMILES string of the molecule is [2H]C([2H])([2H])OC([2H])([2H])C([2H])([2H])CC(=O)c1ccc2nn(CC3CCN(C(=O)c4ccc(Cl)cc4)CC3)cc2c1C. The molecule has 4 rings (SSSR count). The Morgan fingerprint density at radius 2 is 1.97 bits per heavy atom. The van der Waals surface area contributed by atoms with Crippen molar-refractivity contribution in [2.75, 3.05) is 26.7 Å². The van der Waals surface area contributed by atoms with Gasteiger partial charge in [0.05, 0.1) is 12.4 Å². The van der Waals surface area contributed by atoms with Gasteiger partial charge in [0.15, 0.2) is 5.78 Å². The Morgan fingerprint density at radius 1 is 1.21 bits per heavy atom. The number of carbonyl (C=O) groups is 2. The number of fused-ring (bicyclic) bond motifs is 1. The zero-order chi connectivity index (χ0) is 29.5. The van der Waals surface area contributed by atoms with Crippen LogP contribution in [0.2, 0.25) is 5.02 Å². The Labute approximate surface area is 209 Å². The van der Waals surface area contributed by atoms with Gasteiger partial charge in [-0.3, -0.25) is 14.3 Å². The molecule has 1 amide bonds. The lowest BCUT2D eigenvalue weighted by atomic mass is 9.96. The number of piperidine rings is 1. The van der Waals surface area contributed by atoms with Crippen molar-refractivity contribution in [2.24, 2.45) is 5.92 Å². The Balaban J connectivity index is 1.41. The van der Waals surface area contributed by atoms with Gasteiger partial charge >= 0.3 is 0 Å². The van der Waals surface area contributed by atoms with E-state index in [0.29, 0.717) is 52.6 Å². The number of ether oxygens (including phenoxy) is 1. The number of halogens is 1. The first kappa shape index (κ1) is 16.0. The van der Waals surface area contributed by atoms with Gasteiger partial charge in [-0.05, 0) is 74.0 Å². The zero-order valence-electron chi connectivity index (χ0n) is 25.3. The maximum absolute atomic E-state index is 13.0. The number of aromatic nitrogens is 2. The molecule has 0 saturated carbocycles. The van der Waals surface area contributed by atoms with Crippen molar-refractivity contribution in [3.8, 4) is 0 Å². The Kier molecular flexibility index (Phi) is 5.09. The topological polar surface area (TPSA) is 64.4 Å². The molecule has 3 aromatic rings. The Hall–Kier alpha value is -2.70. The van der Waals surface area contributed by atoms with Gasteiger partial charge in [0, 0.05) is 70.1 Å². The van der Waals surface area contributed by atoms with Crippen molar-refractivity contribution in [3.05, 3.63) is 64.3 Å². The monoisotopic (exact) mass is 474 g/mol. The number of Topliss-reactive ketones (excluding diaryl/α,β-unsaturated/α-hetero) is 1. The molecule has 33 heavy (non-hydrogen) atoms. The van der Waals surface area contributed by atoms with E-state index < -0.39 is 32.2 Å². The number of nitrogens with zero attached hydrogens (tertiary/aromatic N) is 3. The first-order valence-electron chi connectivity index (χ1n) is 14.3. The first-order valence-corrected chi connectivity index (χ1v) is 11.2. The van der Waals surface area contributed by atoms with Crippen LogP contribution >= 0.6 is 11.6 Å². The number of hydrogen-bond acceptors (Lipinski definition) is 4. The maximum Gasteiger partial charge on any atom is 0.253 e. The normalized spacial score (nSPS) is 19.1. The predicted octanol–water partition coefficient (Wildman–Crippen LogP) is 5.16. The van der Waals surface area contributed by atoms with E-state index in [1.54, 1.807) is 37.3 Å². The summed E-state index contributed by atoms with van der Waals surface area (Å²) in [6, 6.07) is 10.0. The lowest BCUT2D eigenvalue weighted by Crippen LogP contribution is -2.39. The smallest absolute Gasteiger partial charge is 0.253 e. The summed E-state index contributed by atoms with van der Waals surface area (Å²) in [6.45, 7) is 0.407. The Morgan fingerprint density at radius 3 is 2.70 bits per heavy atom. The number of amides is 1. The molecule has 0 bridgehead atoms. The highest BCUT2D eigenvalue weighted by atomic mass is 35.5. The van der Waals surface area contributed by atoms with Gasteiger partial charge in [0.25, 0.3) is 5.91 Å². The summed E-state index contributed by atoms with van der Waals surface area (Å²) in [6.07, 6.45) is -0.322. The summed E-state index contributed by atoms with van der Waals surface area (Å²) in [4.78, 5) is 27.6. The zero-order valence-corrected chi connectivity index (χ0v) is 19.1. The molecule has 0 N–H and O–H groups in total. The van der Waals surface area contributed by atoms with Crippen LogP contribution in [0.5, 0.6) is 0 Å². The first-order chi connectivity index (χ1) is 18.6. The van der Waals surface area contributed by atoms with E-state index in [9.17, 15) is 9.59 Å². The van der Waals surface area contributed by atoms with Crippen LogP contribution in [0.1, 0.15) is 61.5 Å². The number of hydrogen-bond donors (Lipinski definition) is 0. The second kappa shape index (κ2) is 10.5. The van der Waals surface area contributed by atoms with Gasteiger partial charge in [-0.1, -0.05) is 11.6 Å². The average Bonchev–Trinajstić information content (AvgIpc) is 3.26. The van der Waals surface area contributed by atoms with Crippen LogP contribution < -0.4 is 0 Å². The number of benzene rings is 2. The molecule has 1 aliphatic rings. The summed E-state index contributed by atoms with van der Waals surface area (Å²) in [5, 5.41) is 5.92. The summed E-state index contributed by atoms with van der Waals surface area (Å²) < 4.78 is 59.0. The number of rotatable bonds is 8. The van der Waals surface area contributed by atoms with Crippen molar-refractivity contribution in [2.45, 2.75) is 39.1 Å². The number of ketones is 1. The van der Waals surface area contributed by atoms with Crippen LogP contribution in [0, 0.1) is 12.8 Å². The maximum atomic E-state index is 13.0. The molecule has 2 aromatic carbocycles. The van der Waals surface area contributed by atoms with Crippen LogP contribution in [-0.4, -0.2) is 53.1 Å². The summed E-state index contributed by atoms with van der Waals surface area (Å²) >= 11 is 5.92. The van der Waals surface area contributed by atoms with E-state index in [1.165, 1.54) is 6.07 Å². The third kappa shape index (κ3) is 5.45. The van der Waals surface area contributed by atoms with E-state index in [0.717, 1.165) is 12.8 Å². The molecule has 0 radical (unpaired) electrons. The summed E-state index contributed by atoms with van der Waals surface area (Å²) in [5.74, 6) is -0.388. The van der Waals surface area contributed by atoms with Gasteiger partial charge in [-0.25, -0.2) is 0 Å². The second-order valence-corrected chi connectivity index (χ2v) is 8.68. The van der Waals surface area contributed by atoms with E-state index in [1.807, 2.05) is 15.8 Å². The molecule has 174 valence electrons. The minimum atomic E-state index is -3.20. The molecule has 0 spiro atoms. The quantitative estimate of drug-likeness (QED) is 0.423. The number of methoxy groups -OCH3 is 1. The molecule has 1 aromatic heterocycles. The van der Waals surface area contributed by atoms with E-state index in [-0.39, 0.29) is 11.5 Å². The highest BCUT2D eigenvalue weighted by Gasteiger charge is 2.24. The minimum absolute atomic E-state index is 0.0183. The Bertz CT molecular complexity index is 1400. The molecule has 0 atom stereocenters. The summed E-state index contributed by atoms with van der Waals surface area (Å²) in [5.41, 5.74) is 2.05. The fourth-order valence-electron chi connectivity index (χ4n) is 4.28. The van der Waals surface area contributed by atoms with Crippen LogP contribution in [0.3, 0.4) is 0 Å². The lowest BCUT2D eigenvalue weighted by molar-refractivity contribution is 0.0681. The fraction of sp³-hybridized carbons (Fsp3) is 0.423. The average molecular weight is 475 g/mol. The van der Waals surface area contributed by atoms with Crippen molar-refractivity contribution >= 4 is 34.2 Å². The van der Waals surface area contributed by atoms with Gasteiger partial charge < -0.3 is 9.64 Å². The van der Waals surface area contributed by atoms with E-state index in [4.69, 9.17) is 21.2 Å². The highest BCUT2D eigenvalue weighted by molar-refractivity contribution is 6.30. The minimum Gasteiger partial charge on any atom is -0.385 e. The molecular formula is C26H30ClN3O3. The molecular weight excluding hydrogens is 438 g/mol. The largest absolute Gasteiger partial charge is 0.385 e. The molecule has 1 saturated heterocycles. The van der Waals surface area contributed by atoms with Crippen LogP contribution in [0.4, 0.5) is 0 Å². The van der Waals surface area contributed by atoms with Gasteiger partial charge in [0.2, 0.25) is 0 Å². The second-order valence-electron chi connectivity index (χ2n) is 8.25. The van der Waals surface area contributed by atoms with Crippen LogP contribution in [-0.2, 0) is 11.3 Å². The number of carbonyl (C=O) groups excluding carboxylic acids is 2. The molecule has 1 aliphatic heterocycles. The standard InChI is InChI=1S/C26H30ClN3O3/c1-18-22(25(31)4-3-15-33-2)9-10-24-23(18)17-30(28-24)16-19-11-13-29(14-12-19)26(32)20-5-7-21(27)8-6-20/h5-10,17,19H,3-4,11-16H2,1-2H3/i2D3,3D2,15D2. The van der Waals surface area contributed by atoms with Crippen LogP contribution in [0.15, 0.2) is 42.6 Å². The summed E-state index contributed by atoms with van der Waals surface area (Å²) in [7, 11) is -3.16. The molecule has 0 unspecified atom stereocenters. The fourth-order valence-corrected chi connectivity index (χ4v) is 4.41. The molecule has 1 fully saturated rings. The number of aryl methyl sites for hydroxylation is 1. The third-order valence-electron chi connectivity index (χ3n) is 6.12.